The lowest BCUT2D eigenvalue weighted by Crippen LogP contribution is -2.36. The minimum atomic E-state index is -1.02. The molecule has 0 saturated carbocycles. The zero-order valence-electron chi connectivity index (χ0n) is 16.0. The van der Waals surface area contributed by atoms with Crippen molar-refractivity contribution in [1.82, 2.24) is 15.1 Å². The number of aromatic nitrogens is 2. The first kappa shape index (κ1) is 20.0. The molecule has 0 spiro atoms. The lowest BCUT2D eigenvalue weighted by Gasteiger charge is -2.14. The van der Waals surface area contributed by atoms with Crippen molar-refractivity contribution in [3.8, 4) is 0 Å². The van der Waals surface area contributed by atoms with Gasteiger partial charge in [-0.25, -0.2) is 9.48 Å². The summed E-state index contributed by atoms with van der Waals surface area (Å²) in [6, 6.07) is 16.0. The first-order valence-electron chi connectivity index (χ1n) is 9.14. The number of esters is 1. The number of carbonyl (C=O) groups excluding carboxylic acids is 2. The Morgan fingerprint density at radius 3 is 2.48 bits per heavy atom. The van der Waals surface area contributed by atoms with Crippen molar-refractivity contribution in [3.05, 3.63) is 88.9 Å². The summed E-state index contributed by atoms with van der Waals surface area (Å²) in [5.41, 5.74) is 0.547. The average Bonchev–Trinajstić information content (AvgIpc) is 2.74. The molecule has 0 aliphatic heterocycles. The van der Waals surface area contributed by atoms with Crippen molar-refractivity contribution in [2.75, 3.05) is 6.54 Å². The zero-order valence-corrected chi connectivity index (χ0v) is 16.0. The van der Waals surface area contributed by atoms with Gasteiger partial charge in [-0.15, -0.1) is 6.58 Å². The molecule has 1 atom stereocenters. The third-order valence-electron chi connectivity index (χ3n) is 4.31. The number of amides is 1. The highest BCUT2D eigenvalue weighted by Crippen LogP contribution is 2.15. The second kappa shape index (κ2) is 8.97. The summed E-state index contributed by atoms with van der Waals surface area (Å²) in [6.07, 6.45) is 0.513. The maximum Gasteiger partial charge on any atom is 0.360 e. The van der Waals surface area contributed by atoms with Crippen LogP contribution in [0.5, 0.6) is 0 Å². The summed E-state index contributed by atoms with van der Waals surface area (Å²) in [5.74, 6) is -1.22. The van der Waals surface area contributed by atoms with Crippen LogP contribution in [0, 0.1) is 0 Å². The van der Waals surface area contributed by atoms with E-state index in [4.69, 9.17) is 4.74 Å². The van der Waals surface area contributed by atoms with Gasteiger partial charge in [0.25, 0.3) is 11.5 Å². The molecule has 0 radical (unpaired) electrons. The molecule has 0 fully saturated rings. The highest BCUT2D eigenvalue weighted by atomic mass is 16.5. The number of carbonyl (C=O) groups is 2. The molecule has 0 bridgehead atoms. The van der Waals surface area contributed by atoms with E-state index in [0.29, 0.717) is 10.8 Å². The topological polar surface area (TPSA) is 90.3 Å². The van der Waals surface area contributed by atoms with Crippen LogP contribution in [0.3, 0.4) is 0 Å². The molecule has 0 unspecified atom stereocenters. The van der Waals surface area contributed by atoms with Crippen LogP contribution in [0.4, 0.5) is 0 Å². The predicted molar refractivity (Wildman–Crippen MR) is 110 cm³/mol. The minimum Gasteiger partial charge on any atom is -0.448 e. The van der Waals surface area contributed by atoms with Gasteiger partial charge in [-0.2, -0.15) is 5.10 Å². The fourth-order valence-electron chi connectivity index (χ4n) is 2.84. The standard InChI is InChI=1S/C22H21N3O4/c1-3-13-23-20(26)15(2)29-22(28)19-17-11-7-8-12-18(17)21(27)25(24-19)14-16-9-5-4-6-10-16/h3-12,15H,1,13-14H2,2H3,(H,23,26)/t15-/m1/s1. The molecule has 3 aromatic rings. The van der Waals surface area contributed by atoms with Gasteiger partial charge in [0.15, 0.2) is 11.8 Å². The summed E-state index contributed by atoms with van der Waals surface area (Å²) in [4.78, 5) is 37.6. The largest absolute Gasteiger partial charge is 0.448 e. The number of hydrogen-bond acceptors (Lipinski definition) is 5. The molecule has 2 aromatic carbocycles. The summed E-state index contributed by atoms with van der Waals surface area (Å²) in [6.45, 7) is 5.47. The van der Waals surface area contributed by atoms with Gasteiger partial charge in [0.1, 0.15) is 0 Å². The lowest BCUT2D eigenvalue weighted by atomic mass is 10.1. The Balaban J connectivity index is 1.97. The fraction of sp³-hybridized carbons (Fsp3) is 0.182. The van der Waals surface area contributed by atoms with Crippen LogP contribution in [-0.4, -0.2) is 34.3 Å². The van der Waals surface area contributed by atoms with Gasteiger partial charge in [0.05, 0.1) is 11.9 Å². The van der Waals surface area contributed by atoms with Crippen LogP contribution in [0.15, 0.2) is 72.0 Å². The molecule has 7 heteroatoms. The van der Waals surface area contributed by atoms with E-state index < -0.39 is 18.0 Å². The van der Waals surface area contributed by atoms with Gasteiger partial charge in [-0.1, -0.05) is 54.6 Å². The molecule has 3 rings (SSSR count). The van der Waals surface area contributed by atoms with Gasteiger partial charge in [-0.05, 0) is 18.6 Å². The molecule has 148 valence electrons. The Morgan fingerprint density at radius 1 is 1.14 bits per heavy atom. The Kier molecular flexibility index (Phi) is 6.19. The molecule has 29 heavy (non-hydrogen) atoms. The van der Waals surface area contributed by atoms with E-state index in [0.717, 1.165) is 5.56 Å². The summed E-state index contributed by atoms with van der Waals surface area (Å²) >= 11 is 0. The van der Waals surface area contributed by atoms with Crippen molar-refractivity contribution >= 4 is 22.6 Å². The molecule has 0 aliphatic rings. The Morgan fingerprint density at radius 2 is 1.79 bits per heavy atom. The van der Waals surface area contributed by atoms with E-state index >= 15 is 0 Å². The zero-order chi connectivity index (χ0) is 20.8. The Bertz CT molecular complexity index is 1110. The van der Waals surface area contributed by atoms with Crippen LogP contribution >= 0.6 is 0 Å². The van der Waals surface area contributed by atoms with E-state index in [1.165, 1.54) is 17.7 Å². The second-order valence-electron chi connectivity index (χ2n) is 6.42. The fourth-order valence-corrected chi connectivity index (χ4v) is 2.84. The predicted octanol–water partition coefficient (Wildman–Crippen LogP) is 2.29. The molecular formula is C22H21N3O4. The van der Waals surface area contributed by atoms with E-state index in [1.54, 1.807) is 24.3 Å². The number of hydrogen-bond donors (Lipinski definition) is 1. The van der Waals surface area contributed by atoms with E-state index in [2.05, 4.69) is 17.0 Å². The lowest BCUT2D eigenvalue weighted by molar-refractivity contribution is -0.128. The quantitative estimate of drug-likeness (QED) is 0.493. The smallest absolute Gasteiger partial charge is 0.360 e. The van der Waals surface area contributed by atoms with Gasteiger partial charge >= 0.3 is 5.97 Å². The van der Waals surface area contributed by atoms with Crippen LogP contribution in [0.2, 0.25) is 0 Å². The normalized spacial score (nSPS) is 11.6. The van der Waals surface area contributed by atoms with E-state index in [1.807, 2.05) is 30.3 Å². The molecule has 7 nitrogen and oxygen atoms in total. The first-order valence-corrected chi connectivity index (χ1v) is 9.14. The highest BCUT2D eigenvalue weighted by Gasteiger charge is 2.23. The first-order chi connectivity index (χ1) is 14.0. The molecule has 1 N–H and O–H groups in total. The van der Waals surface area contributed by atoms with Crippen molar-refractivity contribution < 1.29 is 14.3 Å². The van der Waals surface area contributed by atoms with Gasteiger partial charge in [0, 0.05) is 11.9 Å². The van der Waals surface area contributed by atoms with Gasteiger partial charge in [-0.3, -0.25) is 9.59 Å². The summed E-state index contributed by atoms with van der Waals surface area (Å²) < 4.78 is 6.52. The Labute approximate surface area is 167 Å². The third-order valence-corrected chi connectivity index (χ3v) is 4.31. The number of nitrogens with zero attached hydrogens (tertiary/aromatic N) is 2. The van der Waals surface area contributed by atoms with Crippen molar-refractivity contribution in [1.29, 1.82) is 0 Å². The van der Waals surface area contributed by atoms with Crippen molar-refractivity contribution in [2.24, 2.45) is 0 Å². The molecule has 1 heterocycles. The summed E-state index contributed by atoms with van der Waals surface area (Å²) in [5, 5.41) is 7.56. The number of fused-ring (bicyclic) bond motifs is 1. The maximum absolute atomic E-state index is 12.8. The Hall–Kier alpha value is -3.74. The van der Waals surface area contributed by atoms with Crippen LogP contribution < -0.4 is 10.9 Å². The molecule has 1 amide bonds. The van der Waals surface area contributed by atoms with Gasteiger partial charge in [0.2, 0.25) is 0 Å². The number of rotatable bonds is 7. The SMILES string of the molecule is C=CCNC(=O)[C@@H](C)OC(=O)c1nn(Cc2ccccc2)c(=O)c2ccccc12. The minimum absolute atomic E-state index is 0.0144. The molecular weight excluding hydrogens is 370 g/mol. The third kappa shape index (κ3) is 4.57. The average molecular weight is 391 g/mol. The van der Waals surface area contributed by atoms with Crippen LogP contribution in [0.1, 0.15) is 23.0 Å². The number of benzene rings is 2. The van der Waals surface area contributed by atoms with Crippen molar-refractivity contribution in [3.63, 3.8) is 0 Å². The molecule has 0 aliphatic carbocycles. The highest BCUT2D eigenvalue weighted by molar-refractivity contribution is 6.02. The van der Waals surface area contributed by atoms with Gasteiger partial charge < -0.3 is 10.1 Å². The van der Waals surface area contributed by atoms with Crippen LogP contribution in [-0.2, 0) is 16.1 Å². The molecule has 1 aromatic heterocycles. The van der Waals surface area contributed by atoms with E-state index in [9.17, 15) is 14.4 Å². The molecule has 0 saturated heterocycles. The van der Waals surface area contributed by atoms with E-state index in [-0.39, 0.29) is 24.3 Å². The van der Waals surface area contributed by atoms with Crippen molar-refractivity contribution in [2.45, 2.75) is 19.6 Å². The van der Waals surface area contributed by atoms with Crippen LogP contribution in [0.25, 0.3) is 10.8 Å². The second-order valence-corrected chi connectivity index (χ2v) is 6.42. The summed E-state index contributed by atoms with van der Waals surface area (Å²) in [7, 11) is 0. The number of ether oxygens (including phenoxy) is 1. The maximum atomic E-state index is 12.8. The number of nitrogens with one attached hydrogen (secondary N) is 1. The monoisotopic (exact) mass is 391 g/mol.